The van der Waals surface area contributed by atoms with Gasteiger partial charge in [-0.3, -0.25) is 4.79 Å². The molecule has 3 aromatic heterocycles. The molecule has 1 aromatic carbocycles. The van der Waals surface area contributed by atoms with E-state index in [9.17, 15) is 4.79 Å². The lowest BCUT2D eigenvalue weighted by Gasteiger charge is -2.08. The van der Waals surface area contributed by atoms with Gasteiger partial charge in [-0.05, 0) is 54.6 Å². The molecule has 0 unspecified atom stereocenters. The van der Waals surface area contributed by atoms with E-state index in [1.54, 1.807) is 41.5 Å². The van der Waals surface area contributed by atoms with Crippen LogP contribution in [-0.4, -0.2) is 25.7 Å². The van der Waals surface area contributed by atoms with Crippen molar-refractivity contribution in [3.63, 3.8) is 0 Å². The van der Waals surface area contributed by atoms with Crippen molar-refractivity contribution < 1.29 is 4.79 Å². The molecule has 0 aliphatic carbocycles. The number of pyridine rings is 2. The number of hydrogen-bond acceptors (Lipinski definition) is 5. The van der Waals surface area contributed by atoms with E-state index in [2.05, 4.69) is 20.4 Å². The first-order valence-electron chi connectivity index (χ1n) is 8.24. The Bertz CT molecular complexity index is 1030. The highest BCUT2D eigenvalue weighted by Crippen LogP contribution is 2.25. The summed E-state index contributed by atoms with van der Waals surface area (Å²) < 4.78 is 1.74. The lowest BCUT2D eigenvalue weighted by atomic mass is 10.2. The van der Waals surface area contributed by atoms with Gasteiger partial charge < -0.3 is 5.32 Å². The van der Waals surface area contributed by atoms with Crippen LogP contribution in [0.1, 0.15) is 10.4 Å². The standard InChI is InChI=1S/C20H15N5OS/c26-20(15-5-7-17(8-6-15)25-13-3-11-23-25)24-16-9-12-22-19(14-16)27-18-4-1-2-10-21-18/h1-14H,(H,22,24,26). The lowest BCUT2D eigenvalue weighted by Crippen LogP contribution is -2.12. The van der Waals surface area contributed by atoms with Crippen molar-refractivity contribution >= 4 is 23.4 Å². The molecule has 0 saturated carbocycles. The minimum absolute atomic E-state index is 0.179. The van der Waals surface area contributed by atoms with Gasteiger partial charge in [0.05, 0.1) is 5.69 Å². The number of carbonyl (C=O) groups excluding carboxylic acids is 1. The first-order chi connectivity index (χ1) is 13.3. The average Bonchev–Trinajstić information content (AvgIpc) is 3.24. The van der Waals surface area contributed by atoms with Crippen molar-refractivity contribution in [2.45, 2.75) is 10.1 Å². The normalized spacial score (nSPS) is 10.5. The van der Waals surface area contributed by atoms with Crippen LogP contribution in [0.5, 0.6) is 0 Å². The van der Waals surface area contributed by atoms with Gasteiger partial charge in [0.15, 0.2) is 0 Å². The van der Waals surface area contributed by atoms with Crippen molar-refractivity contribution in [2.75, 3.05) is 5.32 Å². The van der Waals surface area contributed by atoms with Gasteiger partial charge in [0, 0.05) is 36.0 Å². The first kappa shape index (κ1) is 17.0. The maximum atomic E-state index is 12.5. The molecular weight excluding hydrogens is 358 g/mol. The van der Waals surface area contributed by atoms with Crippen molar-refractivity contribution in [3.8, 4) is 5.69 Å². The summed E-state index contributed by atoms with van der Waals surface area (Å²) in [7, 11) is 0. The van der Waals surface area contributed by atoms with Gasteiger partial charge in [-0.15, -0.1) is 0 Å². The smallest absolute Gasteiger partial charge is 0.255 e. The molecule has 0 spiro atoms. The number of carbonyl (C=O) groups is 1. The topological polar surface area (TPSA) is 72.7 Å². The van der Waals surface area contributed by atoms with Gasteiger partial charge in [-0.1, -0.05) is 17.8 Å². The molecule has 0 aliphatic heterocycles. The fourth-order valence-electron chi connectivity index (χ4n) is 2.45. The van der Waals surface area contributed by atoms with Crippen LogP contribution in [0.2, 0.25) is 0 Å². The summed E-state index contributed by atoms with van der Waals surface area (Å²) in [4.78, 5) is 21.1. The van der Waals surface area contributed by atoms with Crippen LogP contribution in [0, 0.1) is 0 Å². The molecule has 0 aliphatic rings. The Kier molecular flexibility index (Phi) is 4.93. The van der Waals surface area contributed by atoms with E-state index < -0.39 is 0 Å². The Morgan fingerprint density at radius 1 is 0.889 bits per heavy atom. The number of hydrogen-bond donors (Lipinski definition) is 1. The highest BCUT2D eigenvalue weighted by molar-refractivity contribution is 7.99. The molecule has 4 aromatic rings. The molecule has 0 atom stereocenters. The summed E-state index contributed by atoms with van der Waals surface area (Å²) in [6.07, 6.45) is 6.97. The summed E-state index contributed by atoms with van der Waals surface area (Å²) in [6, 6.07) is 18.4. The highest BCUT2D eigenvalue weighted by Gasteiger charge is 2.08. The summed E-state index contributed by atoms with van der Waals surface area (Å²) in [5, 5.41) is 8.69. The third kappa shape index (κ3) is 4.21. The van der Waals surface area contributed by atoms with E-state index in [0.717, 1.165) is 15.7 Å². The van der Waals surface area contributed by atoms with Gasteiger partial charge in [0.1, 0.15) is 10.1 Å². The Hall–Kier alpha value is -3.45. The second-order valence-corrected chi connectivity index (χ2v) is 6.65. The number of amides is 1. The zero-order valence-corrected chi connectivity index (χ0v) is 15.0. The quantitative estimate of drug-likeness (QED) is 0.571. The second kappa shape index (κ2) is 7.84. The van der Waals surface area contributed by atoms with E-state index in [4.69, 9.17) is 0 Å². The van der Waals surface area contributed by atoms with Crippen molar-refractivity contribution in [1.82, 2.24) is 19.7 Å². The number of anilines is 1. The van der Waals surface area contributed by atoms with E-state index in [0.29, 0.717) is 11.3 Å². The van der Waals surface area contributed by atoms with Crippen molar-refractivity contribution in [3.05, 3.63) is 91.0 Å². The molecular formula is C20H15N5OS. The van der Waals surface area contributed by atoms with Gasteiger partial charge in [-0.2, -0.15) is 5.10 Å². The zero-order chi connectivity index (χ0) is 18.5. The van der Waals surface area contributed by atoms with Crippen LogP contribution < -0.4 is 5.32 Å². The predicted octanol–water partition coefficient (Wildman–Crippen LogP) is 4.07. The van der Waals surface area contributed by atoms with E-state index in [1.165, 1.54) is 11.8 Å². The molecule has 4 rings (SSSR count). The molecule has 7 heteroatoms. The van der Waals surface area contributed by atoms with E-state index >= 15 is 0 Å². The van der Waals surface area contributed by atoms with Crippen LogP contribution in [0.3, 0.4) is 0 Å². The van der Waals surface area contributed by atoms with Gasteiger partial charge in [0.2, 0.25) is 0 Å². The zero-order valence-electron chi connectivity index (χ0n) is 14.2. The maximum absolute atomic E-state index is 12.5. The molecule has 0 bridgehead atoms. The Balaban J connectivity index is 1.45. The number of rotatable bonds is 5. The molecule has 6 nitrogen and oxygen atoms in total. The molecule has 1 N–H and O–H groups in total. The van der Waals surface area contributed by atoms with E-state index in [-0.39, 0.29) is 5.91 Å². The number of aromatic nitrogens is 4. The molecule has 3 heterocycles. The minimum Gasteiger partial charge on any atom is -0.322 e. The van der Waals surface area contributed by atoms with Crippen LogP contribution in [0.15, 0.2) is 95.5 Å². The molecule has 132 valence electrons. The van der Waals surface area contributed by atoms with Crippen LogP contribution >= 0.6 is 11.8 Å². The van der Waals surface area contributed by atoms with Gasteiger partial charge >= 0.3 is 0 Å². The van der Waals surface area contributed by atoms with Crippen molar-refractivity contribution in [2.24, 2.45) is 0 Å². The first-order valence-corrected chi connectivity index (χ1v) is 9.06. The molecule has 27 heavy (non-hydrogen) atoms. The van der Waals surface area contributed by atoms with E-state index in [1.807, 2.05) is 48.7 Å². The largest absolute Gasteiger partial charge is 0.322 e. The predicted molar refractivity (Wildman–Crippen MR) is 104 cm³/mol. The van der Waals surface area contributed by atoms with Crippen LogP contribution in [0.25, 0.3) is 5.69 Å². The van der Waals surface area contributed by atoms with Crippen LogP contribution in [0.4, 0.5) is 5.69 Å². The maximum Gasteiger partial charge on any atom is 0.255 e. The minimum atomic E-state index is -0.179. The summed E-state index contributed by atoms with van der Waals surface area (Å²) >= 11 is 1.44. The van der Waals surface area contributed by atoms with Gasteiger partial charge in [0.25, 0.3) is 5.91 Å². The summed E-state index contributed by atoms with van der Waals surface area (Å²) in [5.41, 5.74) is 2.15. The monoisotopic (exact) mass is 373 g/mol. The molecule has 0 radical (unpaired) electrons. The SMILES string of the molecule is O=C(Nc1ccnc(Sc2ccccn2)c1)c1ccc(-n2cccn2)cc1. The third-order valence-electron chi connectivity index (χ3n) is 3.74. The average molecular weight is 373 g/mol. The number of nitrogens with one attached hydrogen (secondary N) is 1. The Morgan fingerprint density at radius 2 is 1.74 bits per heavy atom. The van der Waals surface area contributed by atoms with Crippen molar-refractivity contribution in [1.29, 1.82) is 0 Å². The highest BCUT2D eigenvalue weighted by atomic mass is 32.2. The lowest BCUT2D eigenvalue weighted by molar-refractivity contribution is 0.102. The number of nitrogens with zero attached hydrogens (tertiary/aromatic N) is 4. The Labute approximate surface area is 160 Å². The molecule has 0 saturated heterocycles. The summed E-state index contributed by atoms with van der Waals surface area (Å²) in [5.74, 6) is -0.179. The summed E-state index contributed by atoms with van der Waals surface area (Å²) in [6.45, 7) is 0. The fourth-order valence-corrected chi connectivity index (χ4v) is 3.22. The second-order valence-electron chi connectivity index (χ2n) is 5.60. The Morgan fingerprint density at radius 3 is 2.48 bits per heavy atom. The number of benzene rings is 1. The molecule has 1 amide bonds. The van der Waals surface area contributed by atoms with Crippen LogP contribution in [-0.2, 0) is 0 Å². The van der Waals surface area contributed by atoms with Gasteiger partial charge in [-0.25, -0.2) is 14.6 Å². The fraction of sp³-hybridized carbons (Fsp3) is 0. The molecule has 0 fully saturated rings. The third-order valence-corrected chi connectivity index (χ3v) is 4.62.